The van der Waals surface area contributed by atoms with Gasteiger partial charge in [-0.25, -0.2) is 4.99 Å². The van der Waals surface area contributed by atoms with Crippen LogP contribution in [0.2, 0.25) is 0 Å². The molecule has 8 nitrogen and oxygen atoms in total. The largest absolute Gasteiger partial charge is 0.489 e. The van der Waals surface area contributed by atoms with Crippen LogP contribution in [0.25, 0.3) is 0 Å². The molecular formula is C20H27N7O. The van der Waals surface area contributed by atoms with E-state index in [0.29, 0.717) is 12.6 Å². The number of nitrogens with zero attached hydrogens (tertiary/aromatic N) is 5. The second-order valence-electron chi connectivity index (χ2n) is 7.31. The number of guanidine groups is 2. The average Bonchev–Trinajstić information content (AvgIpc) is 3.15. The van der Waals surface area contributed by atoms with E-state index in [-0.39, 0.29) is 5.96 Å². The van der Waals surface area contributed by atoms with Gasteiger partial charge in [0.1, 0.15) is 18.0 Å². The van der Waals surface area contributed by atoms with Gasteiger partial charge in [-0.2, -0.15) is 10.1 Å². The Labute approximate surface area is 164 Å². The fraction of sp³-hybridized carbons (Fsp3) is 0.450. The van der Waals surface area contributed by atoms with Crippen molar-refractivity contribution in [2.24, 2.45) is 21.5 Å². The van der Waals surface area contributed by atoms with Crippen LogP contribution in [0.3, 0.4) is 0 Å². The minimum absolute atomic E-state index is 0.267. The first-order chi connectivity index (χ1) is 13.6. The maximum Gasteiger partial charge on any atom is 0.220 e. The van der Waals surface area contributed by atoms with Crippen molar-refractivity contribution in [1.29, 1.82) is 0 Å². The Morgan fingerprint density at radius 2 is 1.86 bits per heavy atom. The van der Waals surface area contributed by atoms with Crippen LogP contribution in [0.15, 0.2) is 46.6 Å². The van der Waals surface area contributed by atoms with Gasteiger partial charge >= 0.3 is 0 Å². The number of aryl methyl sites for hydroxylation is 1. The summed E-state index contributed by atoms with van der Waals surface area (Å²) < 4.78 is 7.78. The molecule has 1 aromatic carbocycles. The lowest BCUT2D eigenvalue weighted by Crippen LogP contribution is -2.58. The second-order valence-corrected chi connectivity index (χ2v) is 7.31. The van der Waals surface area contributed by atoms with Crippen molar-refractivity contribution in [3.8, 4) is 5.75 Å². The number of benzene rings is 1. The van der Waals surface area contributed by atoms with Crippen molar-refractivity contribution in [3.63, 3.8) is 0 Å². The number of hydrogen-bond donors (Lipinski definition) is 2. The van der Waals surface area contributed by atoms with Gasteiger partial charge in [-0.1, -0.05) is 6.42 Å². The van der Waals surface area contributed by atoms with Crippen LogP contribution in [-0.2, 0) is 13.2 Å². The molecule has 4 N–H and O–H groups in total. The van der Waals surface area contributed by atoms with E-state index < -0.39 is 5.66 Å². The lowest BCUT2D eigenvalue weighted by atomic mass is 9.87. The van der Waals surface area contributed by atoms with E-state index in [4.69, 9.17) is 21.2 Å². The highest BCUT2D eigenvalue weighted by molar-refractivity contribution is 6.05. The van der Waals surface area contributed by atoms with Crippen LogP contribution in [-0.4, -0.2) is 27.4 Å². The zero-order valence-electron chi connectivity index (χ0n) is 16.2. The molecule has 8 heteroatoms. The molecule has 148 valence electrons. The molecule has 2 aliphatic rings. The molecule has 28 heavy (non-hydrogen) atoms. The summed E-state index contributed by atoms with van der Waals surface area (Å²) in [5.74, 6) is 1.46. The van der Waals surface area contributed by atoms with Crippen molar-refractivity contribution in [1.82, 2.24) is 9.78 Å². The van der Waals surface area contributed by atoms with Gasteiger partial charge in [0.25, 0.3) is 0 Å². The number of aliphatic imine (C=N–C) groups is 2. The molecule has 4 rings (SSSR count). The summed E-state index contributed by atoms with van der Waals surface area (Å²) in [4.78, 5) is 10.9. The van der Waals surface area contributed by atoms with E-state index >= 15 is 0 Å². The third-order valence-corrected chi connectivity index (χ3v) is 5.36. The van der Waals surface area contributed by atoms with Gasteiger partial charge in [-0.05, 0) is 56.9 Å². The Hall–Kier alpha value is -3.03. The maximum atomic E-state index is 6.27. The number of ether oxygens (including phenoxy) is 1. The van der Waals surface area contributed by atoms with Gasteiger partial charge in [0.05, 0.1) is 6.20 Å². The predicted octanol–water partition coefficient (Wildman–Crippen LogP) is 2.59. The molecule has 1 aliphatic carbocycles. The van der Waals surface area contributed by atoms with Crippen LogP contribution in [0, 0.1) is 0 Å². The fourth-order valence-corrected chi connectivity index (χ4v) is 4.01. The van der Waals surface area contributed by atoms with E-state index in [9.17, 15) is 0 Å². The predicted molar refractivity (Wildman–Crippen MR) is 110 cm³/mol. The van der Waals surface area contributed by atoms with E-state index in [0.717, 1.165) is 49.2 Å². The van der Waals surface area contributed by atoms with Gasteiger partial charge in [-0.15, -0.1) is 0 Å². The number of hydrogen-bond acceptors (Lipinski definition) is 7. The summed E-state index contributed by atoms with van der Waals surface area (Å²) >= 11 is 0. The zero-order valence-corrected chi connectivity index (χ0v) is 16.2. The van der Waals surface area contributed by atoms with Gasteiger partial charge in [0.2, 0.25) is 11.9 Å². The maximum absolute atomic E-state index is 6.27. The first-order valence-corrected chi connectivity index (χ1v) is 9.83. The molecule has 0 bridgehead atoms. The standard InChI is InChI=1S/C20H27N7O/c1-2-26-13-15(12-23-26)14-28-17-8-6-16(7-9-17)27-19(22)24-18(21)25-20(27)10-4-3-5-11-20/h6-9,12-13H,2-5,10-11,14H2,1H3,(H4,21,22,24,25). The molecule has 1 aromatic heterocycles. The molecule has 1 spiro atoms. The van der Waals surface area contributed by atoms with E-state index in [1.54, 1.807) is 0 Å². The van der Waals surface area contributed by atoms with Crippen LogP contribution in [0.5, 0.6) is 5.75 Å². The van der Waals surface area contributed by atoms with E-state index in [1.165, 1.54) is 6.42 Å². The molecule has 0 radical (unpaired) electrons. The van der Waals surface area contributed by atoms with Crippen molar-refractivity contribution >= 4 is 17.6 Å². The van der Waals surface area contributed by atoms with E-state index in [1.807, 2.05) is 46.2 Å². The average molecular weight is 381 g/mol. The van der Waals surface area contributed by atoms with E-state index in [2.05, 4.69) is 17.0 Å². The first-order valence-electron chi connectivity index (χ1n) is 9.83. The van der Waals surface area contributed by atoms with Gasteiger partial charge in [-0.3, -0.25) is 9.58 Å². The highest BCUT2D eigenvalue weighted by Gasteiger charge is 2.42. The molecule has 2 aromatic rings. The lowest BCUT2D eigenvalue weighted by Gasteiger charge is -2.45. The summed E-state index contributed by atoms with van der Waals surface area (Å²) in [6, 6.07) is 7.90. The van der Waals surface area contributed by atoms with Crippen molar-refractivity contribution in [2.45, 2.75) is 57.8 Å². The Balaban J connectivity index is 1.51. The third kappa shape index (κ3) is 3.54. The van der Waals surface area contributed by atoms with Crippen LogP contribution in [0.1, 0.15) is 44.6 Å². The molecule has 0 saturated heterocycles. The highest BCUT2D eigenvalue weighted by atomic mass is 16.5. The molecule has 1 aliphatic heterocycles. The summed E-state index contributed by atoms with van der Waals surface area (Å²) in [5.41, 5.74) is 13.8. The highest BCUT2D eigenvalue weighted by Crippen LogP contribution is 2.39. The monoisotopic (exact) mass is 381 g/mol. The van der Waals surface area contributed by atoms with Crippen molar-refractivity contribution in [3.05, 3.63) is 42.2 Å². The number of aromatic nitrogens is 2. The number of anilines is 1. The second kappa shape index (κ2) is 7.53. The summed E-state index contributed by atoms with van der Waals surface area (Å²) in [6.07, 6.45) is 9.09. The van der Waals surface area contributed by atoms with Crippen LogP contribution in [0.4, 0.5) is 5.69 Å². The quantitative estimate of drug-likeness (QED) is 0.828. The third-order valence-electron chi connectivity index (χ3n) is 5.36. The molecule has 1 saturated carbocycles. The zero-order chi connectivity index (χ0) is 19.6. The minimum atomic E-state index is -0.425. The Morgan fingerprint density at radius 3 is 2.54 bits per heavy atom. The lowest BCUT2D eigenvalue weighted by molar-refractivity contribution is 0.303. The summed E-state index contributed by atoms with van der Waals surface area (Å²) in [5, 5.41) is 4.27. The number of rotatable bonds is 5. The first kappa shape index (κ1) is 18.3. The number of nitrogens with two attached hydrogens (primary N) is 2. The van der Waals surface area contributed by atoms with Crippen molar-refractivity contribution in [2.75, 3.05) is 4.90 Å². The Bertz CT molecular complexity index is 878. The normalized spacial score (nSPS) is 18.7. The van der Waals surface area contributed by atoms with Crippen LogP contribution < -0.4 is 21.1 Å². The van der Waals surface area contributed by atoms with Crippen molar-refractivity contribution < 1.29 is 4.74 Å². The SMILES string of the molecule is CCn1cc(COc2ccc(N3C(N)=NC(N)=NC34CCCCC4)cc2)cn1. The molecule has 1 fully saturated rings. The fourth-order valence-electron chi connectivity index (χ4n) is 4.01. The topological polar surface area (TPSA) is 107 Å². The van der Waals surface area contributed by atoms with Gasteiger partial charge in [0.15, 0.2) is 0 Å². The Kier molecular flexibility index (Phi) is 4.93. The van der Waals surface area contributed by atoms with Gasteiger partial charge < -0.3 is 16.2 Å². The smallest absolute Gasteiger partial charge is 0.220 e. The van der Waals surface area contributed by atoms with Gasteiger partial charge in [0, 0.05) is 24.0 Å². The molecule has 0 unspecified atom stereocenters. The molecule has 2 heterocycles. The molecule has 0 amide bonds. The Morgan fingerprint density at radius 1 is 1.11 bits per heavy atom. The van der Waals surface area contributed by atoms with Crippen LogP contribution >= 0.6 is 0 Å². The molecule has 0 atom stereocenters. The molecular weight excluding hydrogens is 354 g/mol. The summed E-state index contributed by atoms with van der Waals surface area (Å²) in [7, 11) is 0. The summed E-state index contributed by atoms with van der Waals surface area (Å²) in [6.45, 7) is 3.39. The minimum Gasteiger partial charge on any atom is -0.489 e.